The fourth-order valence-corrected chi connectivity index (χ4v) is 3.21. The van der Waals surface area contributed by atoms with E-state index in [9.17, 15) is 13.2 Å². The maximum atomic E-state index is 11.5. The number of sulfonamides is 1. The van der Waals surface area contributed by atoms with E-state index >= 15 is 0 Å². The van der Waals surface area contributed by atoms with Crippen molar-refractivity contribution in [2.45, 2.75) is 23.8 Å². The molecule has 0 radical (unpaired) electrons. The van der Waals surface area contributed by atoms with Gasteiger partial charge in [0.25, 0.3) is 0 Å². The molecule has 21 heavy (non-hydrogen) atoms. The van der Waals surface area contributed by atoms with Gasteiger partial charge in [-0.15, -0.1) is 0 Å². The molecule has 1 saturated heterocycles. The zero-order valence-corrected chi connectivity index (χ0v) is 12.5. The van der Waals surface area contributed by atoms with Gasteiger partial charge in [0.1, 0.15) is 4.90 Å². The van der Waals surface area contributed by atoms with Crippen LogP contribution in [0.1, 0.15) is 12.8 Å². The Bertz CT molecular complexity index is 610. The molecule has 5 N–H and O–H groups in total. The third-order valence-corrected chi connectivity index (χ3v) is 4.49. The Labute approximate surface area is 124 Å². The van der Waals surface area contributed by atoms with Crippen LogP contribution in [0.25, 0.3) is 0 Å². The molecule has 1 heterocycles. The van der Waals surface area contributed by atoms with Gasteiger partial charge in [-0.3, -0.25) is 9.69 Å². The number of primary amides is 1. The molecule has 1 amide bonds. The summed E-state index contributed by atoms with van der Waals surface area (Å²) in [6.07, 6.45) is 1.62. The van der Waals surface area contributed by atoms with E-state index in [0.29, 0.717) is 5.69 Å². The first-order chi connectivity index (χ1) is 9.86. The summed E-state index contributed by atoms with van der Waals surface area (Å²) >= 11 is 0. The quantitative estimate of drug-likeness (QED) is 0.689. The summed E-state index contributed by atoms with van der Waals surface area (Å²) in [5, 5.41) is 8.44. The van der Waals surface area contributed by atoms with Crippen molar-refractivity contribution in [2.75, 3.05) is 25.0 Å². The van der Waals surface area contributed by atoms with Crippen molar-refractivity contribution >= 4 is 21.6 Å². The molecule has 8 heteroatoms. The topological polar surface area (TPSA) is 119 Å². The van der Waals surface area contributed by atoms with Crippen LogP contribution in [0, 0.1) is 0 Å². The predicted octanol–water partition coefficient (Wildman–Crippen LogP) is -0.304. The van der Waals surface area contributed by atoms with Crippen LogP contribution in [0.15, 0.2) is 29.2 Å². The van der Waals surface area contributed by atoms with Crippen molar-refractivity contribution in [1.82, 2.24) is 4.90 Å². The number of para-hydroxylation sites is 1. The number of nitrogens with one attached hydrogen (secondary N) is 1. The maximum Gasteiger partial charge on any atom is 0.240 e. The summed E-state index contributed by atoms with van der Waals surface area (Å²) in [4.78, 5) is 13.0. The summed E-state index contributed by atoms with van der Waals surface area (Å²) in [6.45, 7) is 1.76. The Kier molecular flexibility index (Phi) is 4.81. The lowest BCUT2D eigenvalue weighted by atomic mass is 10.0. The van der Waals surface area contributed by atoms with Crippen molar-refractivity contribution in [3.8, 4) is 0 Å². The van der Waals surface area contributed by atoms with Crippen LogP contribution >= 0.6 is 0 Å². The second-order valence-corrected chi connectivity index (χ2v) is 6.73. The van der Waals surface area contributed by atoms with Crippen LogP contribution in [0.4, 0.5) is 5.69 Å². The van der Waals surface area contributed by atoms with Crippen molar-refractivity contribution in [3.63, 3.8) is 0 Å². The molecule has 0 aromatic heterocycles. The molecule has 116 valence electrons. The minimum Gasteiger partial charge on any atom is -0.381 e. The minimum atomic E-state index is -3.75. The fraction of sp³-hybridized carbons (Fsp3) is 0.462. The van der Waals surface area contributed by atoms with Crippen molar-refractivity contribution < 1.29 is 13.2 Å². The summed E-state index contributed by atoms with van der Waals surface area (Å²) in [5.41, 5.74) is 5.69. The molecule has 1 aliphatic rings. The highest BCUT2D eigenvalue weighted by Gasteiger charge is 2.22. The highest BCUT2D eigenvalue weighted by molar-refractivity contribution is 7.89. The van der Waals surface area contributed by atoms with Crippen molar-refractivity contribution in [2.24, 2.45) is 10.9 Å². The van der Waals surface area contributed by atoms with Gasteiger partial charge in [0.05, 0.1) is 12.2 Å². The number of nitrogens with zero attached hydrogens (tertiary/aromatic N) is 1. The Hall–Kier alpha value is -1.64. The number of nitrogens with two attached hydrogens (primary N) is 2. The third-order valence-electron chi connectivity index (χ3n) is 3.52. The number of piperidine rings is 1. The molecule has 0 saturated carbocycles. The molecule has 2 rings (SSSR count). The van der Waals surface area contributed by atoms with Gasteiger partial charge in [0, 0.05) is 19.1 Å². The van der Waals surface area contributed by atoms with Crippen molar-refractivity contribution in [3.05, 3.63) is 24.3 Å². The lowest BCUT2D eigenvalue weighted by Gasteiger charge is -2.32. The largest absolute Gasteiger partial charge is 0.381 e. The zero-order chi connectivity index (χ0) is 15.5. The molecule has 0 unspecified atom stereocenters. The van der Waals surface area contributed by atoms with Gasteiger partial charge in [-0.1, -0.05) is 12.1 Å². The van der Waals surface area contributed by atoms with Crippen LogP contribution in [-0.4, -0.2) is 44.9 Å². The lowest BCUT2D eigenvalue weighted by molar-refractivity contribution is -0.119. The van der Waals surface area contributed by atoms with Gasteiger partial charge in [-0.2, -0.15) is 0 Å². The Morgan fingerprint density at radius 3 is 2.48 bits per heavy atom. The van der Waals surface area contributed by atoms with Crippen LogP contribution in [0.2, 0.25) is 0 Å². The lowest BCUT2D eigenvalue weighted by Crippen LogP contribution is -2.43. The second kappa shape index (κ2) is 6.42. The van der Waals surface area contributed by atoms with Gasteiger partial charge in [0.15, 0.2) is 0 Å². The molecule has 1 fully saturated rings. The first-order valence-electron chi connectivity index (χ1n) is 6.75. The zero-order valence-electron chi connectivity index (χ0n) is 11.7. The number of amides is 1. The van der Waals surface area contributed by atoms with Gasteiger partial charge in [-0.25, -0.2) is 13.6 Å². The van der Waals surface area contributed by atoms with E-state index in [1.165, 1.54) is 6.07 Å². The highest BCUT2D eigenvalue weighted by atomic mass is 32.2. The number of hydrogen-bond acceptors (Lipinski definition) is 5. The predicted molar refractivity (Wildman–Crippen MR) is 80.1 cm³/mol. The number of carbonyl (C=O) groups excluding carboxylic acids is 1. The highest BCUT2D eigenvalue weighted by Crippen LogP contribution is 2.23. The summed E-state index contributed by atoms with van der Waals surface area (Å²) in [5.74, 6) is -0.332. The van der Waals surface area contributed by atoms with Gasteiger partial charge < -0.3 is 11.1 Å². The molecule has 1 aromatic carbocycles. The van der Waals surface area contributed by atoms with Crippen LogP contribution in [0.3, 0.4) is 0 Å². The first kappa shape index (κ1) is 15.7. The second-order valence-electron chi connectivity index (χ2n) is 5.20. The van der Waals surface area contributed by atoms with E-state index < -0.39 is 10.0 Å². The van der Waals surface area contributed by atoms with E-state index in [2.05, 4.69) is 5.32 Å². The van der Waals surface area contributed by atoms with Crippen LogP contribution in [0.5, 0.6) is 0 Å². The number of rotatable bonds is 5. The number of carbonyl (C=O) groups is 1. The number of benzene rings is 1. The molecular weight excluding hydrogens is 292 g/mol. The monoisotopic (exact) mass is 312 g/mol. The molecule has 0 bridgehead atoms. The average molecular weight is 312 g/mol. The minimum absolute atomic E-state index is 0.101. The molecule has 0 spiro atoms. The van der Waals surface area contributed by atoms with Gasteiger partial charge in [-0.05, 0) is 25.0 Å². The van der Waals surface area contributed by atoms with E-state index in [-0.39, 0.29) is 23.4 Å². The third kappa shape index (κ3) is 4.42. The van der Waals surface area contributed by atoms with E-state index in [1.807, 2.05) is 4.90 Å². The molecular formula is C13H20N4O3S. The molecule has 1 aliphatic heterocycles. The normalized spacial score (nSPS) is 17.6. The fourth-order valence-electron chi connectivity index (χ4n) is 2.51. The standard InChI is InChI=1S/C13H20N4O3S/c14-13(18)9-17-7-5-10(6-8-17)16-11-3-1-2-4-12(11)21(15,19)20/h1-4,10,16H,5-9H2,(H2,14,18)(H2,15,19,20). The van der Waals surface area contributed by atoms with Gasteiger partial charge in [0.2, 0.25) is 15.9 Å². The Morgan fingerprint density at radius 1 is 1.29 bits per heavy atom. The molecule has 0 aliphatic carbocycles. The number of hydrogen-bond donors (Lipinski definition) is 3. The van der Waals surface area contributed by atoms with E-state index in [4.69, 9.17) is 10.9 Å². The Balaban J connectivity index is 2.00. The Morgan fingerprint density at radius 2 is 1.90 bits per heavy atom. The van der Waals surface area contributed by atoms with Gasteiger partial charge >= 0.3 is 0 Å². The summed E-state index contributed by atoms with van der Waals surface area (Å²) in [6, 6.07) is 6.74. The number of likely N-dealkylation sites (tertiary alicyclic amines) is 1. The number of primary sulfonamides is 1. The van der Waals surface area contributed by atoms with E-state index in [0.717, 1.165) is 25.9 Å². The average Bonchev–Trinajstić information content (AvgIpc) is 2.40. The first-order valence-corrected chi connectivity index (χ1v) is 8.30. The SMILES string of the molecule is NC(=O)CN1CCC(Nc2ccccc2S(N)(=O)=O)CC1. The van der Waals surface area contributed by atoms with E-state index in [1.54, 1.807) is 18.2 Å². The molecule has 0 atom stereocenters. The smallest absolute Gasteiger partial charge is 0.240 e. The van der Waals surface area contributed by atoms with Crippen molar-refractivity contribution in [1.29, 1.82) is 0 Å². The summed E-state index contributed by atoms with van der Waals surface area (Å²) < 4.78 is 23.1. The molecule has 7 nitrogen and oxygen atoms in total. The number of anilines is 1. The molecule has 1 aromatic rings. The summed E-state index contributed by atoms with van der Waals surface area (Å²) in [7, 11) is -3.75. The van der Waals surface area contributed by atoms with Crippen LogP contribution in [-0.2, 0) is 14.8 Å². The van der Waals surface area contributed by atoms with Crippen LogP contribution < -0.4 is 16.2 Å². The maximum absolute atomic E-state index is 11.5.